The predicted molar refractivity (Wildman–Crippen MR) is 88.0 cm³/mol. The van der Waals surface area contributed by atoms with Gasteiger partial charge in [-0.3, -0.25) is 4.79 Å². The van der Waals surface area contributed by atoms with E-state index in [4.69, 9.17) is 9.47 Å². The molecule has 1 heterocycles. The van der Waals surface area contributed by atoms with E-state index in [1.165, 1.54) is 12.1 Å². The Morgan fingerprint density at radius 1 is 1.04 bits per heavy atom. The Balaban J connectivity index is 1.59. The van der Waals surface area contributed by atoms with Crippen molar-refractivity contribution >= 4 is 11.6 Å². The molecule has 2 aromatic rings. The Morgan fingerprint density at radius 2 is 1.83 bits per heavy atom. The van der Waals surface area contributed by atoms with Crippen molar-refractivity contribution < 1.29 is 18.7 Å². The molecule has 1 fully saturated rings. The molecule has 24 heavy (non-hydrogen) atoms. The van der Waals surface area contributed by atoms with E-state index in [9.17, 15) is 9.18 Å². The van der Waals surface area contributed by atoms with Crippen molar-refractivity contribution in [3.8, 4) is 11.5 Å². The van der Waals surface area contributed by atoms with Gasteiger partial charge in [0, 0.05) is 11.8 Å². The number of nitrogens with one attached hydrogen (secondary N) is 1. The van der Waals surface area contributed by atoms with Gasteiger partial charge in [-0.25, -0.2) is 4.39 Å². The van der Waals surface area contributed by atoms with Crippen LogP contribution in [0.1, 0.15) is 24.8 Å². The van der Waals surface area contributed by atoms with E-state index < -0.39 is 5.41 Å². The predicted octanol–water partition coefficient (Wildman–Crippen LogP) is 3.66. The molecular formula is C19H18FNO3. The highest BCUT2D eigenvalue weighted by Crippen LogP contribution is 2.45. The first-order chi connectivity index (χ1) is 11.7. The standard InChI is InChI=1S/C19H18FNO3/c20-14-4-1-3-13(11-14)19(7-2-8-19)18(22)21-15-5-6-16-17(12-15)24-10-9-23-16/h1,3-6,11-12H,2,7-10H2,(H,21,22). The van der Waals surface area contributed by atoms with E-state index in [0.717, 1.165) is 24.8 Å². The number of benzene rings is 2. The van der Waals surface area contributed by atoms with Gasteiger partial charge in [-0.05, 0) is 42.7 Å². The molecule has 0 bridgehead atoms. The van der Waals surface area contributed by atoms with Crippen LogP contribution < -0.4 is 14.8 Å². The zero-order valence-electron chi connectivity index (χ0n) is 13.2. The van der Waals surface area contributed by atoms with Gasteiger partial charge in [-0.2, -0.15) is 0 Å². The molecule has 1 amide bonds. The molecule has 2 aromatic carbocycles. The highest BCUT2D eigenvalue weighted by Gasteiger charge is 2.45. The summed E-state index contributed by atoms with van der Waals surface area (Å²) in [5.74, 6) is 0.900. The fourth-order valence-electron chi connectivity index (χ4n) is 3.34. The maximum Gasteiger partial charge on any atom is 0.235 e. The second-order valence-electron chi connectivity index (χ2n) is 6.26. The molecular weight excluding hydrogens is 309 g/mol. The van der Waals surface area contributed by atoms with Crippen LogP contribution in [0, 0.1) is 5.82 Å². The van der Waals surface area contributed by atoms with Gasteiger partial charge in [-0.1, -0.05) is 18.6 Å². The molecule has 4 nitrogen and oxygen atoms in total. The van der Waals surface area contributed by atoms with Crippen LogP contribution in [0.2, 0.25) is 0 Å². The van der Waals surface area contributed by atoms with Crippen LogP contribution in [0.4, 0.5) is 10.1 Å². The summed E-state index contributed by atoms with van der Waals surface area (Å²) >= 11 is 0. The Labute approximate surface area is 139 Å². The van der Waals surface area contributed by atoms with Crippen molar-refractivity contribution in [2.45, 2.75) is 24.7 Å². The maximum atomic E-state index is 13.6. The van der Waals surface area contributed by atoms with Crippen molar-refractivity contribution in [2.24, 2.45) is 0 Å². The lowest BCUT2D eigenvalue weighted by molar-refractivity contribution is -0.124. The first kappa shape index (κ1) is 15.0. The molecule has 0 unspecified atom stereocenters. The third kappa shape index (κ3) is 2.50. The molecule has 1 saturated carbocycles. The summed E-state index contributed by atoms with van der Waals surface area (Å²) < 4.78 is 24.6. The molecule has 124 valence electrons. The maximum absolute atomic E-state index is 13.6. The number of amides is 1. The third-order valence-electron chi connectivity index (χ3n) is 4.82. The number of carbonyl (C=O) groups excluding carboxylic acids is 1. The van der Waals surface area contributed by atoms with E-state index in [2.05, 4.69) is 5.32 Å². The van der Waals surface area contributed by atoms with E-state index in [0.29, 0.717) is 30.4 Å². The van der Waals surface area contributed by atoms with Gasteiger partial charge in [0.05, 0.1) is 5.41 Å². The lowest BCUT2D eigenvalue weighted by atomic mass is 9.63. The van der Waals surface area contributed by atoms with E-state index in [1.807, 2.05) is 6.07 Å². The third-order valence-corrected chi connectivity index (χ3v) is 4.82. The summed E-state index contributed by atoms with van der Waals surface area (Å²) in [4.78, 5) is 12.9. The first-order valence-corrected chi connectivity index (χ1v) is 8.15. The molecule has 2 aliphatic rings. The number of rotatable bonds is 3. The summed E-state index contributed by atoms with van der Waals surface area (Å²) in [6.45, 7) is 1.03. The summed E-state index contributed by atoms with van der Waals surface area (Å²) in [7, 11) is 0. The average molecular weight is 327 g/mol. The van der Waals surface area contributed by atoms with Crippen molar-refractivity contribution in [3.63, 3.8) is 0 Å². The van der Waals surface area contributed by atoms with Crippen molar-refractivity contribution in [3.05, 3.63) is 53.8 Å². The molecule has 0 aromatic heterocycles. The van der Waals surface area contributed by atoms with Gasteiger partial charge in [0.15, 0.2) is 11.5 Å². The smallest absolute Gasteiger partial charge is 0.235 e. The summed E-state index contributed by atoms with van der Waals surface area (Å²) in [6, 6.07) is 11.7. The monoisotopic (exact) mass is 327 g/mol. The summed E-state index contributed by atoms with van der Waals surface area (Å²) in [5, 5.41) is 2.96. The number of ether oxygens (including phenoxy) is 2. The van der Waals surface area contributed by atoms with Crippen LogP contribution in [0.15, 0.2) is 42.5 Å². The number of fused-ring (bicyclic) bond motifs is 1. The van der Waals surface area contributed by atoms with Gasteiger partial charge in [0.1, 0.15) is 19.0 Å². The lowest BCUT2D eigenvalue weighted by Crippen LogP contribution is -2.46. The number of hydrogen-bond acceptors (Lipinski definition) is 3. The zero-order valence-corrected chi connectivity index (χ0v) is 13.2. The van der Waals surface area contributed by atoms with E-state index >= 15 is 0 Å². The number of halogens is 1. The van der Waals surface area contributed by atoms with Crippen LogP contribution in [0.25, 0.3) is 0 Å². The van der Waals surface area contributed by atoms with Crippen molar-refractivity contribution in [1.29, 1.82) is 0 Å². The Hall–Kier alpha value is -2.56. The highest BCUT2D eigenvalue weighted by atomic mass is 19.1. The highest BCUT2D eigenvalue weighted by molar-refractivity contribution is 6.00. The van der Waals surface area contributed by atoms with E-state index in [1.54, 1.807) is 24.3 Å². The quantitative estimate of drug-likeness (QED) is 0.936. The summed E-state index contributed by atoms with van der Waals surface area (Å²) in [5.41, 5.74) is 0.755. The van der Waals surface area contributed by atoms with Gasteiger partial charge in [0.25, 0.3) is 0 Å². The number of hydrogen-bond donors (Lipinski definition) is 1. The van der Waals surface area contributed by atoms with Crippen LogP contribution >= 0.6 is 0 Å². The Kier molecular flexibility index (Phi) is 3.63. The van der Waals surface area contributed by atoms with Crippen molar-refractivity contribution in [1.82, 2.24) is 0 Å². The molecule has 0 radical (unpaired) electrons. The summed E-state index contributed by atoms with van der Waals surface area (Å²) in [6.07, 6.45) is 2.42. The molecule has 1 N–H and O–H groups in total. The zero-order chi connectivity index (χ0) is 16.6. The normalized spacial score (nSPS) is 17.7. The first-order valence-electron chi connectivity index (χ1n) is 8.15. The molecule has 0 saturated heterocycles. The van der Waals surface area contributed by atoms with E-state index in [-0.39, 0.29) is 11.7 Å². The fourth-order valence-corrected chi connectivity index (χ4v) is 3.34. The largest absolute Gasteiger partial charge is 0.486 e. The topological polar surface area (TPSA) is 47.6 Å². The molecule has 1 aliphatic carbocycles. The van der Waals surface area contributed by atoms with Crippen molar-refractivity contribution in [2.75, 3.05) is 18.5 Å². The Morgan fingerprint density at radius 3 is 2.54 bits per heavy atom. The van der Waals surface area contributed by atoms with Gasteiger partial charge in [-0.15, -0.1) is 0 Å². The van der Waals surface area contributed by atoms with Crippen LogP contribution in [-0.4, -0.2) is 19.1 Å². The van der Waals surface area contributed by atoms with Gasteiger partial charge < -0.3 is 14.8 Å². The Bertz CT molecular complexity index is 786. The lowest BCUT2D eigenvalue weighted by Gasteiger charge is -2.40. The molecule has 4 rings (SSSR count). The number of anilines is 1. The minimum atomic E-state index is -0.643. The molecule has 0 atom stereocenters. The molecule has 5 heteroatoms. The molecule has 0 spiro atoms. The minimum Gasteiger partial charge on any atom is -0.486 e. The van der Waals surface area contributed by atoms with Crippen LogP contribution in [-0.2, 0) is 10.2 Å². The minimum absolute atomic E-state index is 0.101. The average Bonchev–Trinajstić information content (AvgIpc) is 2.54. The van der Waals surface area contributed by atoms with Gasteiger partial charge >= 0.3 is 0 Å². The fraction of sp³-hybridized carbons (Fsp3) is 0.316. The SMILES string of the molecule is O=C(Nc1ccc2c(c1)OCCO2)C1(c2cccc(F)c2)CCC1. The number of carbonyl (C=O) groups is 1. The van der Waals surface area contributed by atoms with Crippen LogP contribution in [0.5, 0.6) is 11.5 Å². The van der Waals surface area contributed by atoms with Crippen LogP contribution in [0.3, 0.4) is 0 Å². The second-order valence-corrected chi connectivity index (χ2v) is 6.26. The van der Waals surface area contributed by atoms with Gasteiger partial charge in [0.2, 0.25) is 5.91 Å². The molecule has 1 aliphatic heterocycles. The second kappa shape index (κ2) is 5.82.